The lowest BCUT2D eigenvalue weighted by atomic mass is 10.7. The highest BCUT2D eigenvalue weighted by Crippen LogP contribution is 2.11. The zero-order valence-corrected chi connectivity index (χ0v) is 4.57. The summed E-state index contributed by atoms with van der Waals surface area (Å²) in [7, 11) is 0. The fourth-order valence-corrected chi connectivity index (χ4v) is 0.808. The first-order chi connectivity index (χ1) is 4.38. The fraction of sp³-hybridized carbons (Fsp3) is 0.200. The third-order valence-electron chi connectivity index (χ3n) is 1.25. The highest BCUT2D eigenvalue weighted by Gasteiger charge is 2.08. The van der Waals surface area contributed by atoms with Crippen molar-refractivity contribution in [3.8, 4) is 0 Å². The van der Waals surface area contributed by atoms with Crippen LogP contribution in [0.25, 0.3) is 0 Å². The predicted molar refractivity (Wildman–Crippen MR) is 31.1 cm³/mol. The molecule has 0 atom stereocenters. The number of hydrogen-bond donors (Lipinski definition) is 0. The summed E-state index contributed by atoms with van der Waals surface area (Å²) in [6.45, 7) is 0.546. The lowest BCUT2D eigenvalue weighted by Crippen LogP contribution is -2.11. The Morgan fingerprint density at radius 1 is 1.78 bits per heavy atom. The van der Waals surface area contributed by atoms with Crippen molar-refractivity contribution in [1.82, 2.24) is 4.57 Å². The molecule has 1 aromatic heterocycles. The summed E-state index contributed by atoms with van der Waals surface area (Å²) in [6, 6.07) is 0. The maximum absolute atomic E-state index is 10.6. The van der Waals surface area contributed by atoms with Crippen LogP contribution >= 0.6 is 0 Å². The van der Waals surface area contributed by atoms with E-state index in [1.54, 1.807) is 6.21 Å². The Bertz CT molecular complexity index is 307. The number of fused-ring (bicyclic) bond motifs is 1. The van der Waals surface area contributed by atoms with Crippen LogP contribution in [-0.4, -0.2) is 10.8 Å². The zero-order valence-electron chi connectivity index (χ0n) is 4.57. The first-order valence-electron chi connectivity index (χ1n) is 2.59. The second-order valence-corrected chi connectivity index (χ2v) is 1.78. The van der Waals surface area contributed by atoms with Crippen LogP contribution < -0.4 is 5.76 Å². The van der Waals surface area contributed by atoms with E-state index in [4.69, 9.17) is 0 Å². The maximum Gasteiger partial charge on any atom is 0.420 e. The van der Waals surface area contributed by atoms with Crippen molar-refractivity contribution in [3.63, 3.8) is 0 Å². The molecule has 9 heavy (non-hydrogen) atoms. The summed E-state index contributed by atoms with van der Waals surface area (Å²) in [4.78, 5) is 14.5. The largest absolute Gasteiger partial charge is 0.420 e. The van der Waals surface area contributed by atoms with Crippen LogP contribution in [0.2, 0.25) is 0 Å². The van der Waals surface area contributed by atoms with Crippen molar-refractivity contribution in [3.05, 3.63) is 16.8 Å². The molecule has 0 unspecified atom stereocenters. The first-order valence-corrected chi connectivity index (χ1v) is 2.59. The molecule has 0 aliphatic carbocycles. The molecular weight excluding hydrogens is 120 g/mol. The molecule has 0 saturated heterocycles. The molecule has 0 spiro atoms. The van der Waals surface area contributed by atoms with Crippen LogP contribution in [0.4, 0.5) is 5.82 Å². The van der Waals surface area contributed by atoms with Crippen molar-refractivity contribution in [1.29, 1.82) is 0 Å². The summed E-state index contributed by atoms with van der Waals surface area (Å²) < 4.78 is 5.99. The number of aliphatic imine (C=N–C) groups is 1. The number of oxazole rings is 1. The van der Waals surface area contributed by atoms with E-state index in [-0.39, 0.29) is 5.76 Å². The molecule has 0 radical (unpaired) electrons. The van der Waals surface area contributed by atoms with Gasteiger partial charge in [-0.25, -0.2) is 9.79 Å². The molecular formula is C5H4N2O2. The molecule has 0 amide bonds. The quantitative estimate of drug-likeness (QED) is 0.494. The van der Waals surface area contributed by atoms with E-state index in [0.717, 1.165) is 0 Å². The Kier molecular flexibility index (Phi) is 0.677. The molecule has 4 heteroatoms. The average Bonchev–Trinajstić information content (AvgIpc) is 2.35. The molecule has 1 aromatic rings. The number of aromatic nitrogens is 1. The van der Waals surface area contributed by atoms with Gasteiger partial charge in [-0.3, -0.25) is 4.57 Å². The Morgan fingerprint density at radius 2 is 2.67 bits per heavy atom. The van der Waals surface area contributed by atoms with E-state index in [0.29, 0.717) is 12.4 Å². The average molecular weight is 124 g/mol. The summed E-state index contributed by atoms with van der Waals surface area (Å²) in [5, 5.41) is 0. The Morgan fingerprint density at radius 3 is 3.44 bits per heavy atom. The maximum atomic E-state index is 10.6. The normalized spacial score (nSPS) is 14.2. The van der Waals surface area contributed by atoms with Crippen LogP contribution in [0.1, 0.15) is 0 Å². The predicted octanol–water partition coefficient (Wildman–Crippen LogP) is 0.157. The molecule has 2 heterocycles. The molecule has 1 aliphatic heterocycles. The summed E-state index contributed by atoms with van der Waals surface area (Å²) in [5.74, 6) is 0.280. The third kappa shape index (κ3) is 0.468. The molecule has 0 aromatic carbocycles. The van der Waals surface area contributed by atoms with Gasteiger partial charge in [-0.1, -0.05) is 0 Å². The smallest absolute Gasteiger partial charge is 0.414 e. The van der Waals surface area contributed by atoms with Crippen LogP contribution in [0.3, 0.4) is 0 Å². The standard InChI is InChI=1S/C5H4N2O2/c8-5-7-2-1-6-4(7)3-9-5/h1,3H,2H2. The van der Waals surface area contributed by atoms with Gasteiger partial charge in [-0.15, -0.1) is 0 Å². The van der Waals surface area contributed by atoms with Crippen molar-refractivity contribution < 1.29 is 4.42 Å². The first kappa shape index (κ1) is 4.55. The van der Waals surface area contributed by atoms with Gasteiger partial charge in [0.1, 0.15) is 6.26 Å². The number of nitrogens with zero attached hydrogens (tertiary/aromatic N) is 2. The lowest BCUT2D eigenvalue weighted by Gasteiger charge is -1.83. The third-order valence-corrected chi connectivity index (χ3v) is 1.25. The molecule has 1 aliphatic rings. The Hall–Kier alpha value is -1.32. The van der Waals surface area contributed by atoms with Gasteiger partial charge in [0.2, 0.25) is 0 Å². The Balaban J connectivity index is 2.79. The molecule has 0 N–H and O–H groups in total. The highest BCUT2D eigenvalue weighted by molar-refractivity contribution is 5.65. The van der Waals surface area contributed by atoms with E-state index < -0.39 is 0 Å². The summed E-state index contributed by atoms with van der Waals surface area (Å²) in [5.41, 5.74) is 0. The lowest BCUT2D eigenvalue weighted by molar-refractivity contribution is 0.491. The van der Waals surface area contributed by atoms with Crippen LogP contribution in [0, 0.1) is 0 Å². The minimum absolute atomic E-state index is 0.331. The van der Waals surface area contributed by atoms with Gasteiger partial charge in [-0.05, 0) is 0 Å². The number of hydrogen-bond acceptors (Lipinski definition) is 3. The highest BCUT2D eigenvalue weighted by atomic mass is 16.4. The molecule has 4 nitrogen and oxygen atoms in total. The van der Waals surface area contributed by atoms with Gasteiger partial charge in [0.25, 0.3) is 0 Å². The summed E-state index contributed by atoms with van der Waals surface area (Å²) >= 11 is 0. The fourth-order valence-electron chi connectivity index (χ4n) is 0.808. The van der Waals surface area contributed by atoms with Gasteiger partial charge in [0.15, 0.2) is 5.82 Å². The molecule has 2 rings (SSSR count). The SMILES string of the molecule is O=c1occ2n1CC=N2. The van der Waals surface area contributed by atoms with E-state index in [9.17, 15) is 4.79 Å². The minimum atomic E-state index is -0.331. The van der Waals surface area contributed by atoms with E-state index >= 15 is 0 Å². The van der Waals surface area contributed by atoms with Gasteiger partial charge in [-0.2, -0.15) is 0 Å². The van der Waals surface area contributed by atoms with Crippen molar-refractivity contribution >= 4 is 12.0 Å². The monoisotopic (exact) mass is 124 g/mol. The molecule has 0 saturated carbocycles. The number of rotatable bonds is 0. The van der Waals surface area contributed by atoms with Crippen LogP contribution in [0.5, 0.6) is 0 Å². The minimum Gasteiger partial charge on any atom is -0.414 e. The van der Waals surface area contributed by atoms with E-state index in [2.05, 4.69) is 9.41 Å². The van der Waals surface area contributed by atoms with E-state index in [1.165, 1.54) is 10.8 Å². The van der Waals surface area contributed by atoms with Crippen molar-refractivity contribution in [2.45, 2.75) is 6.54 Å². The van der Waals surface area contributed by atoms with Gasteiger partial charge in [0.05, 0.1) is 6.54 Å². The topological polar surface area (TPSA) is 47.5 Å². The van der Waals surface area contributed by atoms with Crippen LogP contribution in [-0.2, 0) is 6.54 Å². The second kappa shape index (κ2) is 1.34. The summed E-state index contributed by atoms with van der Waals surface area (Å²) in [6.07, 6.45) is 3.03. The molecule has 46 valence electrons. The van der Waals surface area contributed by atoms with Gasteiger partial charge < -0.3 is 4.42 Å². The molecule has 0 fully saturated rings. The van der Waals surface area contributed by atoms with Gasteiger partial charge >= 0.3 is 5.76 Å². The Labute approximate surface area is 50.4 Å². The van der Waals surface area contributed by atoms with Crippen molar-refractivity contribution in [2.75, 3.05) is 0 Å². The second-order valence-electron chi connectivity index (χ2n) is 1.78. The molecule has 0 bridgehead atoms. The van der Waals surface area contributed by atoms with E-state index in [1.807, 2.05) is 0 Å². The zero-order chi connectivity index (χ0) is 6.27. The van der Waals surface area contributed by atoms with Crippen molar-refractivity contribution in [2.24, 2.45) is 4.99 Å². The van der Waals surface area contributed by atoms with Crippen LogP contribution in [0.15, 0.2) is 20.5 Å². The van der Waals surface area contributed by atoms with Gasteiger partial charge in [0, 0.05) is 6.21 Å².